The van der Waals surface area contributed by atoms with E-state index in [1.54, 1.807) is 6.92 Å². The molecule has 0 saturated heterocycles. The van der Waals surface area contributed by atoms with Crippen LogP contribution in [0.1, 0.15) is 49.7 Å². The van der Waals surface area contributed by atoms with Crippen LogP contribution < -0.4 is 11.1 Å². The van der Waals surface area contributed by atoms with Crippen molar-refractivity contribution in [2.45, 2.75) is 46.6 Å². The molecule has 5 heteroatoms. The minimum atomic E-state index is -0.149. The van der Waals surface area contributed by atoms with E-state index < -0.39 is 0 Å². The lowest BCUT2D eigenvalue weighted by molar-refractivity contribution is 0.0935. The van der Waals surface area contributed by atoms with Crippen LogP contribution in [0.2, 0.25) is 0 Å². The topological polar surface area (TPSA) is 83.8 Å². The summed E-state index contributed by atoms with van der Waals surface area (Å²) >= 11 is 0. The summed E-state index contributed by atoms with van der Waals surface area (Å²) in [5.74, 6) is 0.716. The molecule has 17 heavy (non-hydrogen) atoms. The number of aromatic amines is 1. The largest absolute Gasteiger partial charge is 0.382 e. The van der Waals surface area contributed by atoms with Gasteiger partial charge in [-0.25, -0.2) is 0 Å². The van der Waals surface area contributed by atoms with Crippen molar-refractivity contribution in [1.29, 1.82) is 0 Å². The number of amides is 1. The molecular formula is C12H22N4O. The van der Waals surface area contributed by atoms with E-state index in [1.807, 2.05) is 6.92 Å². The molecule has 2 unspecified atom stereocenters. The number of nitrogen functional groups attached to an aromatic ring is 1. The minimum absolute atomic E-state index is 0.145. The third kappa shape index (κ3) is 3.47. The summed E-state index contributed by atoms with van der Waals surface area (Å²) in [7, 11) is 0. The predicted molar refractivity (Wildman–Crippen MR) is 68.7 cm³/mol. The smallest absolute Gasteiger partial charge is 0.257 e. The van der Waals surface area contributed by atoms with Gasteiger partial charge in [-0.2, -0.15) is 5.10 Å². The van der Waals surface area contributed by atoms with Gasteiger partial charge in [0.05, 0.1) is 0 Å². The molecule has 1 aromatic heterocycles. The van der Waals surface area contributed by atoms with Crippen molar-refractivity contribution < 1.29 is 4.79 Å². The maximum absolute atomic E-state index is 12.0. The van der Waals surface area contributed by atoms with E-state index in [9.17, 15) is 4.79 Å². The third-order valence-electron chi connectivity index (χ3n) is 3.03. The number of carbonyl (C=O) groups excluding carboxylic acids is 1. The van der Waals surface area contributed by atoms with Crippen molar-refractivity contribution in [1.82, 2.24) is 15.5 Å². The highest BCUT2D eigenvalue weighted by Gasteiger charge is 2.18. The Balaban J connectivity index is 2.61. The number of nitrogens with two attached hydrogens (primary N) is 1. The molecule has 1 aromatic rings. The van der Waals surface area contributed by atoms with Crippen LogP contribution >= 0.6 is 0 Å². The molecule has 4 N–H and O–H groups in total. The van der Waals surface area contributed by atoms with E-state index in [2.05, 4.69) is 29.4 Å². The number of nitrogens with zero attached hydrogens (tertiary/aromatic N) is 1. The molecule has 1 rings (SSSR count). The van der Waals surface area contributed by atoms with Crippen molar-refractivity contribution in [3.05, 3.63) is 11.3 Å². The fraction of sp³-hybridized carbons (Fsp3) is 0.667. The molecule has 2 atom stereocenters. The molecule has 96 valence electrons. The van der Waals surface area contributed by atoms with E-state index in [4.69, 9.17) is 5.73 Å². The SMILES string of the molecule is CCC(C)CC(C)NC(=O)c1c(N)n[nH]c1C. The third-order valence-corrected chi connectivity index (χ3v) is 3.03. The summed E-state index contributed by atoms with van der Waals surface area (Å²) in [4.78, 5) is 12.0. The van der Waals surface area contributed by atoms with Gasteiger partial charge in [-0.1, -0.05) is 20.3 Å². The first-order chi connectivity index (χ1) is 7.95. The number of hydrogen-bond donors (Lipinski definition) is 3. The molecule has 0 aliphatic carbocycles. The molecule has 0 aliphatic heterocycles. The van der Waals surface area contributed by atoms with Gasteiger partial charge < -0.3 is 11.1 Å². The molecule has 0 aromatic carbocycles. The lowest BCUT2D eigenvalue weighted by Gasteiger charge is -2.17. The molecule has 0 radical (unpaired) electrons. The Bertz CT molecular complexity index is 366. The molecule has 0 bridgehead atoms. The van der Waals surface area contributed by atoms with E-state index >= 15 is 0 Å². The highest BCUT2D eigenvalue weighted by molar-refractivity contribution is 5.99. The van der Waals surface area contributed by atoms with E-state index in [1.165, 1.54) is 0 Å². The lowest BCUT2D eigenvalue weighted by atomic mass is 10.00. The second-order valence-corrected chi connectivity index (χ2v) is 4.73. The van der Waals surface area contributed by atoms with Crippen molar-refractivity contribution in [2.75, 3.05) is 5.73 Å². The number of nitrogens with one attached hydrogen (secondary N) is 2. The molecule has 1 amide bonds. The second kappa shape index (κ2) is 5.70. The van der Waals surface area contributed by atoms with Gasteiger partial charge in [-0.05, 0) is 26.2 Å². The Morgan fingerprint density at radius 2 is 2.18 bits per heavy atom. The van der Waals surface area contributed by atoms with Crippen LogP contribution in [-0.4, -0.2) is 22.1 Å². The molecule has 0 saturated carbocycles. The van der Waals surface area contributed by atoms with E-state index in [0.717, 1.165) is 12.8 Å². The Morgan fingerprint density at radius 3 is 2.65 bits per heavy atom. The first-order valence-corrected chi connectivity index (χ1v) is 6.07. The first kappa shape index (κ1) is 13.5. The van der Waals surface area contributed by atoms with Gasteiger partial charge in [0.15, 0.2) is 5.82 Å². The number of rotatable bonds is 5. The molecule has 0 aliphatic rings. The Morgan fingerprint density at radius 1 is 1.53 bits per heavy atom. The molecule has 5 nitrogen and oxygen atoms in total. The fourth-order valence-corrected chi connectivity index (χ4v) is 1.86. The second-order valence-electron chi connectivity index (χ2n) is 4.73. The zero-order valence-electron chi connectivity index (χ0n) is 11.0. The first-order valence-electron chi connectivity index (χ1n) is 6.07. The highest BCUT2D eigenvalue weighted by Crippen LogP contribution is 2.14. The predicted octanol–water partition coefficient (Wildman–Crippen LogP) is 1.85. The van der Waals surface area contributed by atoms with Crippen LogP contribution in [0.15, 0.2) is 0 Å². The van der Waals surface area contributed by atoms with Gasteiger partial charge in [0.1, 0.15) is 5.56 Å². The summed E-state index contributed by atoms with van der Waals surface area (Å²) in [6.45, 7) is 8.13. The Labute approximate surface area is 102 Å². The standard InChI is InChI=1S/C12H22N4O/c1-5-7(2)6-8(3)14-12(17)10-9(4)15-16-11(10)13/h7-8H,5-6H2,1-4H3,(H,14,17)(H3,13,15,16). The monoisotopic (exact) mass is 238 g/mol. The van der Waals surface area contributed by atoms with Crippen LogP contribution in [0.4, 0.5) is 5.82 Å². The molecular weight excluding hydrogens is 216 g/mol. The fourth-order valence-electron chi connectivity index (χ4n) is 1.86. The zero-order valence-corrected chi connectivity index (χ0v) is 11.0. The summed E-state index contributed by atoms with van der Waals surface area (Å²) in [6, 6.07) is 0.145. The van der Waals surface area contributed by atoms with Gasteiger partial charge >= 0.3 is 0 Å². The quantitative estimate of drug-likeness (QED) is 0.732. The van der Waals surface area contributed by atoms with E-state index in [0.29, 0.717) is 17.2 Å². The Kier molecular flexibility index (Phi) is 4.54. The Hall–Kier alpha value is -1.52. The average molecular weight is 238 g/mol. The van der Waals surface area contributed by atoms with Gasteiger partial charge in [0, 0.05) is 11.7 Å². The van der Waals surface area contributed by atoms with Gasteiger partial charge in [0.25, 0.3) is 5.91 Å². The number of carbonyl (C=O) groups is 1. The van der Waals surface area contributed by atoms with Crippen LogP contribution in [-0.2, 0) is 0 Å². The zero-order chi connectivity index (χ0) is 13.0. The number of hydrogen-bond acceptors (Lipinski definition) is 3. The summed E-state index contributed by atoms with van der Waals surface area (Å²) in [6.07, 6.45) is 2.09. The average Bonchev–Trinajstić information content (AvgIpc) is 2.57. The number of aromatic nitrogens is 2. The number of anilines is 1. The van der Waals surface area contributed by atoms with Crippen molar-refractivity contribution in [2.24, 2.45) is 5.92 Å². The maximum Gasteiger partial charge on any atom is 0.257 e. The molecule has 0 spiro atoms. The number of H-pyrrole nitrogens is 1. The van der Waals surface area contributed by atoms with Crippen LogP contribution in [0.25, 0.3) is 0 Å². The van der Waals surface area contributed by atoms with Gasteiger partial charge in [-0.3, -0.25) is 9.89 Å². The van der Waals surface area contributed by atoms with Crippen molar-refractivity contribution in [3.8, 4) is 0 Å². The minimum Gasteiger partial charge on any atom is -0.382 e. The van der Waals surface area contributed by atoms with Crippen LogP contribution in [0.3, 0.4) is 0 Å². The summed E-state index contributed by atoms with van der Waals surface area (Å²) in [5, 5.41) is 9.47. The summed E-state index contributed by atoms with van der Waals surface area (Å²) < 4.78 is 0. The normalized spacial score (nSPS) is 14.4. The lowest BCUT2D eigenvalue weighted by Crippen LogP contribution is -2.34. The van der Waals surface area contributed by atoms with E-state index in [-0.39, 0.29) is 17.8 Å². The van der Waals surface area contributed by atoms with Crippen LogP contribution in [0, 0.1) is 12.8 Å². The van der Waals surface area contributed by atoms with Crippen molar-refractivity contribution in [3.63, 3.8) is 0 Å². The number of aryl methyl sites for hydroxylation is 1. The molecule has 1 heterocycles. The van der Waals surface area contributed by atoms with Crippen LogP contribution in [0.5, 0.6) is 0 Å². The molecule has 0 fully saturated rings. The highest BCUT2D eigenvalue weighted by atomic mass is 16.1. The maximum atomic E-state index is 12.0. The summed E-state index contributed by atoms with van der Waals surface area (Å²) in [5.41, 5.74) is 6.81. The van der Waals surface area contributed by atoms with Gasteiger partial charge in [0.2, 0.25) is 0 Å². The van der Waals surface area contributed by atoms with Crippen molar-refractivity contribution >= 4 is 11.7 Å². The van der Waals surface area contributed by atoms with Gasteiger partial charge in [-0.15, -0.1) is 0 Å².